The molecular weight excluding hydrogens is 168 g/mol. The average Bonchev–Trinajstić information content (AvgIpc) is 2.75. The monoisotopic (exact) mass is 182 g/mol. The molecule has 1 aromatic heterocycles. The number of hydrogen-bond donors (Lipinski definition) is 1. The number of aromatic nitrogens is 1. The largest absolute Gasteiger partial charge is 0.365 e. The van der Waals surface area contributed by atoms with Crippen molar-refractivity contribution < 1.29 is 0 Å². The Morgan fingerprint density at radius 3 is 2.83 bits per heavy atom. The van der Waals surface area contributed by atoms with E-state index in [1.807, 2.05) is 7.05 Å². The molecular formula is C9H14N2S. The first-order valence-corrected chi connectivity index (χ1v) is 5.41. The van der Waals surface area contributed by atoms with Gasteiger partial charge in [-0.25, -0.2) is 4.98 Å². The van der Waals surface area contributed by atoms with E-state index in [9.17, 15) is 0 Å². The van der Waals surface area contributed by atoms with Crippen molar-refractivity contribution in [1.82, 2.24) is 4.98 Å². The summed E-state index contributed by atoms with van der Waals surface area (Å²) >= 11 is 1.71. The average molecular weight is 182 g/mol. The lowest BCUT2D eigenvalue weighted by Gasteiger charge is -2.02. The van der Waals surface area contributed by atoms with Crippen LogP contribution in [0.4, 0.5) is 5.13 Å². The highest BCUT2D eigenvalue weighted by atomic mass is 32.1. The van der Waals surface area contributed by atoms with Crippen LogP contribution in [0.15, 0.2) is 5.38 Å². The molecule has 0 unspecified atom stereocenters. The van der Waals surface area contributed by atoms with E-state index >= 15 is 0 Å². The topological polar surface area (TPSA) is 24.9 Å². The van der Waals surface area contributed by atoms with Crippen LogP contribution in [0, 0.1) is 0 Å². The summed E-state index contributed by atoms with van der Waals surface area (Å²) in [5.41, 5.74) is 1.31. The number of rotatable bonds is 2. The lowest BCUT2D eigenvalue weighted by Crippen LogP contribution is -1.93. The van der Waals surface area contributed by atoms with Gasteiger partial charge < -0.3 is 5.32 Å². The fourth-order valence-electron chi connectivity index (χ4n) is 1.81. The molecule has 1 N–H and O–H groups in total. The molecule has 12 heavy (non-hydrogen) atoms. The molecule has 0 atom stereocenters. The van der Waals surface area contributed by atoms with E-state index in [0.29, 0.717) is 0 Å². The van der Waals surface area contributed by atoms with Gasteiger partial charge in [0.2, 0.25) is 0 Å². The molecule has 1 aromatic rings. The fraction of sp³-hybridized carbons (Fsp3) is 0.667. The zero-order valence-electron chi connectivity index (χ0n) is 7.34. The van der Waals surface area contributed by atoms with Crippen LogP contribution in [0.2, 0.25) is 0 Å². The second-order valence-corrected chi connectivity index (χ2v) is 4.17. The van der Waals surface area contributed by atoms with Gasteiger partial charge in [0.25, 0.3) is 0 Å². The molecule has 0 bridgehead atoms. The van der Waals surface area contributed by atoms with Crippen molar-refractivity contribution in [1.29, 1.82) is 0 Å². The molecule has 0 aromatic carbocycles. The Bertz CT molecular complexity index is 251. The van der Waals surface area contributed by atoms with Gasteiger partial charge in [0, 0.05) is 18.3 Å². The van der Waals surface area contributed by atoms with Crippen LogP contribution < -0.4 is 5.32 Å². The van der Waals surface area contributed by atoms with E-state index in [1.165, 1.54) is 31.4 Å². The van der Waals surface area contributed by atoms with Gasteiger partial charge in [-0.2, -0.15) is 0 Å². The van der Waals surface area contributed by atoms with E-state index in [-0.39, 0.29) is 0 Å². The molecule has 0 radical (unpaired) electrons. The normalized spacial score (nSPS) is 18.4. The van der Waals surface area contributed by atoms with Gasteiger partial charge in [0.1, 0.15) is 0 Å². The van der Waals surface area contributed by atoms with Crippen LogP contribution >= 0.6 is 11.3 Å². The van der Waals surface area contributed by atoms with Gasteiger partial charge >= 0.3 is 0 Å². The van der Waals surface area contributed by atoms with Gasteiger partial charge in [0.05, 0.1) is 5.69 Å². The summed E-state index contributed by atoms with van der Waals surface area (Å²) in [5, 5.41) is 6.33. The number of nitrogens with zero attached hydrogens (tertiary/aromatic N) is 1. The van der Waals surface area contributed by atoms with E-state index < -0.39 is 0 Å². The van der Waals surface area contributed by atoms with Gasteiger partial charge in [-0.05, 0) is 12.8 Å². The van der Waals surface area contributed by atoms with Gasteiger partial charge in [-0.3, -0.25) is 0 Å². The van der Waals surface area contributed by atoms with Crippen molar-refractivity contribution in [3.8, 4) is 0 Å². The number of hydrogen-bond acceptors (Lipinski definition) is 3. The second-order valence-electron chi connectivity index (χ2n) is 3.31. The lowest BCUT2D eigenvalue weighted by atomic mass is 10.1. The third-order valence-corrected chi connectivity index (χ3v) is 3.39. The van der Waals surface area contributed by atoms with Crippen LogP contribution in [0.1, 0.15) is 37.3 Å². The van der Waals surface area contributed by atoms with Crippen LogP contribution in [0.3, 0.4) is 0 Å². The summed E-state index contributed by atoms with van der Waals surface area (Å²) in [4.78, 5) is 4.52. The molecule has 0 amide bonds. The van der Waals surface area contributed by atoms with Crippen LogP contribution in [0.25, 0.3) is 0 Å². The molecule has 66 valence electrons. The number of anilines is 1. The minimum absolute atomic E-state index is 0.753. The summed E-state index contributed by atoms with van der Waals surface area (Å²) < 4.78 is 0. The Morgan fingerprint density at radius 1 is 1.50 bits per heavy atom. The third-order valence-electron chi connectivity index (χ3n) is 2.51. The zero-order valence-corrected chi connectivity index (χ0v) is 8.16. The summed E-state index contributed by atoms with van der Waals surface area (Å²) in [7, 11) is 1.93. The lowest BCUT2D eigenvalue weighted by molar-refractivity contribution is 0.703. The molecule has 0 saturated heterocycles. The number of nitrogens with one attached hydrogen (secondary N) is 1. The predicted molar refractivity (Wildman–Crippen MR) is 52.9 cm³/mol. The summed E-state index contributed by atoms with van der Waals surface area (Å²) in [5.74, 6) is 0.753. The Labute approximate surface area is 77.0 Å². The first-order chi connectivity index (χ1) is 5.90. The highest BCUT2D eigenvalue weighted by Gasteiger charge is 2.19. The summed E-state index contributed by atoms with van der Waals surface area (Å²) in [6, 6.07) is 0. The van der Waals surface area contributed by atoms with Crippen molar-refractivity contribution >= 4 is 16.5 Å². The minimum Gasteiger partial charge on any atom is -0.365 e. The maximum absolute atomic E-state index is 4.52. The van der Waals surface area contributed by atoms with Crippen LogP contribution in [0.5, 0.6) is 0 Å². The third kappa shape index (κ3) is 1.46. The van der Waals surface area contributed by atoms with E-state index in [2.05, 4.69) is 15.7 Å². The van der Waals surface area contributed by atoms with Crippen molar-refractivity contribution in [2.24, 2.45) is 0 Å². The summed E-state index contributed by atoms with van der Waals surface area (Å²) in [6.07, 6.45) is 5.45. The first-order valence-electron chi connectivity index (χ1n) is 4.53. The summed E-state index contributed by atoms with van der Waals surface area (Å²) in [6.45, 7) is 0. The fourth-order valence-corrected chi connectivity index (χ4v) is 2.56. The highest BCUT2D eigenvalue weighted by molar-refractivity contribution is 7.13. The Kier molecular flexibility index (Phi) is 2.30. The van der Waals surface area contributed by atoms with Crippen LogP contribution in [-0.4, -0.2) is 12.0 Å². The second kappa shape index (κ2) is 3.44. The van der Waals surface area contributed by atoms with Gasteiger partial charge in [0.15, 0.2) is 5.13 Å². The van der Waals surface area contributed by atoms with E-state index in [0.717, 1.165) is 11.0 Å². The van der Waals surface area contributed by atoms with Crippen molar-refractivity contribution in [3.63, 3.8) is 0 Å². The molecule has 1 fully saturated rings. The molecule has 1 heterocycles. The molecule has 0 aliphatic heterocycles. The van der Waals surface area contributed by atoms with Gasteiger partial charge in [-0.15, -0.1) is 11.3 Å². The zero-order chi connectivity index (χ0) is 8.39. The van der Waals surface area contributed by atoms with Crippen molar-refractivity contribution in [2.45, 2.75) is 31.6 Å². The SMILES string of the molecule is CNc1nc(C2CCCC2)cs1. The van der Waals surface area contributed by atoms with E-state index in [4.69, 9.17) is 0 Å². The van der Waals surface area contributed by atoms with Gasteiger partial charge in [-0.1, -0.05) is 12.8 Å². The standard InChI is InChI=1S/C9H14N2S/c1-10-9-11-8(6-12-9)7-4-2-3-5-7/h6-7H,2-5H2,1H3,(H,10,11). The maximum Gasteiger partial charge on any atom is 0.182 e. The molecule has 1 saturated carbocycles. The molecule has 2 nitrogen and oxygen atoms in total. The first kappa shape index (κ1) is 8.05. The molecule has 1 aliphatic rings. The number of thiazole rings is 1. The molecule has 2 rings (SSSR count). The Hall–Kier alpha value is -0.570. The van der Waals surface area contributed by atoms with Crippen LogP contribution in [-0.2, 0) is 0 Å². The molecule has 1 aliphatic carbocycles. The predicted octanol–water partition coefficient (Wildman–Crippen LogP) is 2.84. The quantitative estimate of drug-likeness (QED) is 0.760. The maximum atomic E-state index is 4.52. The minimum atomic E-state index is 0.753. The van der Waals surface area contributed by atoms with Crippen molar-refractivity contribution in [2.75, 3.05) is 12.4 Å². The smallest absolute Gasteiger partial charge is 0.182 e. The Balaban J connectivity index is 2.11. The molecule has 0 spiro atoms. The van der Waals surface area contributed by atoms with E-state index in [1.54, 1.807) is 11.3 Å². The molecule has 3 heteroatoms. The highest BCUT2D eigenvalue weighted by Crippen LogP contribution is 2.35. The Morgan fingerprint density at radius 2 is 2.25 bits per heavy atom. The van der Waals surface area contributed by atoms with Crippen molar-refractivity contribution in [3.05, 3.63) is 11.1 Å².